The highest BCUT2D eigenvalue weighted by molar-refractivity contribution is 6.10. The highest BCUT2D eigenvalue weighted by atomic mass is 19.1. The Morgan fingerprint density at radius 2 is 2.21 bits per heavy atom. The van der Waals surface area contributed by atoms with Crippen LogP contribution < -0.4 is 15.5 Å². The summed E-state index contributed by atoms with van der Waals surface area (Å²) in [5.41, 5.74) is 2.36. The zero-order valence-corrected chi connectivity index (χ0v) is 19.0. The average Bonchev–Trinajstić information content (AvgIpc) is 2.85. The Balaban J connectivity index is 2.30. The summed E-state index contributed by atoms with van der Waals surface area (Å²) in [6, 6.07) is 5.41. The van der Waals surface area contributed by atoms with Gasteiger partial charge in [0.25, 0.3) is 0 Å². The summed E-state index contributed by atoms with van der Waals surface area (Å²) in [6.45, 7) is 7.70. The Kier molecular flexibility index (Phi) is 9.88. The van der Waals surface area contributed by atoms with Crippen molar-refractivity contribution >= 4 is 23.8 Å². The molecule has 34 heavy (non-hydrogen) atoms. The number of aromatic nitrogens is 1. The summed E-state index contributed by atoms with van der Waals surface area (Å²) >= 11 is 0. The Bertz CT molecular complexity index is 1150. The molecule has 0 spiro atoms. The van der Waals surface area contributed by atoms with Gasteiger partial charge in [-0.2, -0.15) is 10.3 Å². The van der Waals surface area contributed by atoms with Crippen LogP contribution in [0.2, 0.25) is 0 Å². The second-order valence-electron chi connectivity index (χ2n) is 6.87. The van der Waals surface area contributed by atoms with Crippen molar-refractivity contribution in [3.05, 3.63) is 96.1 Å². The quantitative estimate of drug-likeness (QED) is 0.168. The summed E-state index contributed by atoms with van der Waals surface area (Å²) in [5.74, 6) is -0.180. The van der Waals surface area contributed by atoms with Gasteiger partial charge in [0.05, 0.1) is 23.2 Å². The molecule has 0 unspecified atom stereocenters. The van der Waals surface area contributed by atoms with Crippen molar-refractivity contribution < 1.29 is 9.18 Å². The second kappa shape index (κ2) is 13.1. The average molecular weight is 460 g/mol. The zero-order valence-electron chi connectivity index (χ0n) is 19.0. The zero-order chi connectivity index (χ0) is 24.9. The molecule has 0 saturated carbocycles. The third kappa shape index (κ3) is 7.24. The maximum Gasteiger partial charge on any atom is 0.213 e. The predicted octanol–water partition coefficient (Wildman–Crippen LogP) is 4.18. The third-order valence-electron chi connectivity index (χ3n) is 4.66. The van der Waals surface area contributed by atoms with Gasteiger partial charge in [-0.15, -0.1) is 0 Å². The Labute approximate surface area is 198 Å². The smallest absolute Gasteiger partial charge is 0.213 e. The van der Waals surface area contributed by atoms with Gasteiger partial charge in [0.1, 0.15) is 17.7 Å². The van der Waals surface area contributed by atoms with Gasteiger partial charge in [-0.25, -0.2) is 4.39 Å². The topological polar surface area (TPSA) is 117 Å². The van der Waals surface area contributed by atoms with Crippen molar-refractivity contribution in [1.82, 2.24) is 15.6 Å². The molecular formula is C25H26FN7O. The molecule has 0 fully saturated rings. The van der Waals surface area contributed by atoms with E-state index in [2.05, 4.69) is 27.2 Å². The minimum absolute atomic E-state index is 0.0471. The van der Waals surface area contributed by atoms with E-state index in [0.29, 0.717) is 36.5 Å². The lowest BCUT2D eigenvalue weighted by molar-refractivity contribution is -0.108. The van der Waals surface area contributed by atoms with E-state index in [9.17, 15) is 9.18 Å². The van der Waals surface area contributed by atoms with Gasteiger partial charge < -0.3 is 15.6 Å². The summed E-state index contributed by atoms with van der Waals surface area (Å²) < 4.78 is 13.8. The summed E-state index contributed by atoms with van der Waals surface area (Å²) in [5, 5.41) is 22.6. The van der Waals surface area contributed by atoms with E-state index < -0.39 is 5.83 Å². The number of amides is 1. The number of anilines is 1. The molecule has 9 heteroatoms. The number of halogens is 1. The van der Waals surface area contributed by atoms with E-state index in [1.807, 2.05) is 19.1 Å². The van der Waals surface area contributed by atoms with E-state index in [1.165, 1.54) is 19.1 Å². The molecule has 3 N–H and O–H groups in total. The number of nitrogens with zero attached hydrogens (tertiary/aromatic N) is 4. The van der Waals surface area contributed by atoms with Crippen LogP contribution in [0.5, 0.6) is 0 Å². The lowest BCUT2D eigenvalue weighted by Crippen LogP contribution is -2.37. The third-order valence-corrected chi connectivity index (χ3v) is 4.66. The first kappa shape index (κ1) is 25.7. The fourth-order valence-electron chi connectivity index (χ4n) is 2.97. The van der Waals surface area contributed by atoms with Crippen molar-refractivity contribution in [2.24, 2.45) is 4.99 Å². The number of carbonyl (C=O) groups excluding carboxylic acids is 1. The first-order valence-corrected chi connectivity index (χ1v) is 10.4. The molecular weight excluding hydrogens is 433 g/mol. The molecule has 1 aromatic heterocycles. The van der Waals surface area contributed by atoms with Crippen LogP contribution in [0.15, 0.2) is 101 Å². The van der Waals surface area contributed by atoms with Crippen molar-refractivity contribution in [3.8, 4) is 6.07 Å². The fraction of sp³-hybridized carbons (Fsp3) is 0.160. The van der Waals surface area contributed by atoms with Crippen molar-refractivity contribution in [3.63, 3.8) is 0 Å². The number of hydrogen-bond donors (Lipinski definition) is 3. The first-order valence-electron chi connectivity index (χ1n) is 10.4. The number of nitrogens with one attached hydrogen (secondary N) is 3. The first-order chi connectivity index (χ1) is 16.4. The number of allylic oxidation sites excluding steroid dienone is 8. The van der Waals surface area contributed by atoms with Crippen LogP contribution in [0.1, 0.15) is 20.3 Å². The van der Waals surface area contributed by atoms with Gasteiger partial charge in [0, 0.05) is 18.4 Å². The predicted molar refractivity (Wildman–Crippen MR) is 132 cm³/mol. The molecule has 1 amide bonds. The van der Waals surface area contributed by atoms with Gasteiger partial charge in [-0.05, 0) is 56.2 Å². The lowest BCUT2D eigenvalue weighted by Gasteiger charge is -2.24. The van der Waals surface area contributed by atoms with E-state index in [-0.39, 0.29) is 17.4 Å². The molecule has 0 radical (unpaired) electrons. The number of aliphatic imine (C=N–C) groups is 1. The van der Waals surface area contributed by atoms with Gasteiger partial charge in [0.15, 0.2) is 0 Å². The Morgan fingerprint density at radius 3 is 2.82 bits per heavy atom. The highest BCUT2D eigenvalue weighted by Gasteiger charge is 2.13. The van der Waals surface area contributed by atoms with Gasteiger partial charge in [-0.1, -0.05) is 24.8 Å². The molecule has 0 aliphatic heterocycles. The van der Waals surface area contributed by atoms with Crippen molar-refractivity contribution in [2.45, 2.75) is 20.3 Å². The standard InChI is InChI=1S/C25H26FN7O/c1-4-19-14-21(10-11-24(19)28)32-25(30-17-34)31-18(3)33(22-9-6-12-29-16-22)13-7-8-20(15-27)23(26)5-2/h4-6,8-12,14,16-17,28H,3,7,13H2,1-2H3,(H2,30,31,32,34)/b19-4-,20-8-,23-5+,28-24?. The molecule has 1 aliphatic rings. The van der Waals surface area contributed by atoms with Crippen LogP contribution in [0.4, 0.5) is 10.1 Å². The normalized spacial score (nSPS) is 15.5. The SMILES string of the molecule is C=C(N=C(NC=O)NC1=C/C(=C/C)C(=N)C=C1)N(CC/C=C(C#N)\C(F)=C/C)c1cccnc1. The van der Waals surface area contributed by atoms with E-state index in [0.717, 1.165) is 5.57 Å². The fourth-order valence-corrected chi connectivity index (χ4v) is 2.97. The molecule has 2 rings (SSSR count). The summed E-state index contributed by atoms with van der Waals surface area (Å²) in [6.07, 6.45) is 13.7. The van der Waals surface area contributed by atoms with Crippen LogP contribution in [0.25, 0.3) is 0 Å². The minimum Gasteiger partial charge on any atom is -0.326 e. The maximum absolute atomic E-state index is 13.8. The van der Waals surface area contributed by atoms with Crippen LogP contribution >= 0.6 is 0 Å². The van der Waals surface area contributed by atoms with E-state index in [1.54, 1.807) is 47.7 Å². The number of nitriles is 1. The van der Waals surface area contributed by atoms with E-state index in [4.69, 9.17) is 10.7 Å². The van der Waals surface area contributed by atoms with Crippen LogP contribution in [0.3, 0.4) is 0 Å². The highest BCUT2D eigenvalue weighted by Crippen LogP contribution is 2.20. The van der Waals surface area contributed by atoms with Crippen molar-refractivity contribution in [2.75, 3.05) is 11.4 Å². The van der Waals surface area contributed by atoms with Gasteiger partial charge in [-0.3, -0.25) is 15.1 Å². The van der Waals surface area contributed by atoms with Crippen LogP contribution in [0, 0.1) is 16.7 Å². The molecule has 1 heterocycles. The number of pyridine rings is 1. The van der Waals surface area contributed by atoms with Gasteiger partial charge in [0.2, 0.25) is 12.4 Å². The largest absolute Gasteiger partial charge is 0.326 e. The minimum atomic E-state index is -0.587. The summed E-state index contributed by atoms with van der Waals surface area (Å²) in [4.78, 5) is 21.5. The number of carbonyl (C=O) groups is 1. The van der Waals surface area contributed by atoms with Crippen LogP contribution in [-0.2, 0) is 4.79 Å². The number of hydrogen-bond acceptors (Lipinski definition) is 6. The van der Waals surface area contributed by atoms with E-state index >= 15 is 0 Å². The monoisotopic (exact) mass is 459 g/mol. The van der Waals surface area contributed by atoms with Gasteiger partial charge >= 0.3 is 0 Å². The molecule has 0 aromatic carbocycles. The Hall–Kier alpha value is -4.58. The lowest BCUT2D eigenvalue weighted by atomic mass is 10.0. The van der Waals surface area contributed by atoms with Crippen LogP contribution in [-0.4, -0.2) is 29.6 Å². The van der Waals surface area contributed by atoms with Crippen molar-refractivity contribution in [1.29, 1.82) is 10.7 Å². The molecule has 8 nitrogen and oxygen atoms in total. The summed E-state index contributed by atoms with van der Waals surface area (Å²) in [7, 11) is 0. The molecule has 1 aromatic rings. The molecule has 0 bridgehead atoms. The molecule has 1 aliphatic carbocycles. The Morgan fingerprint density at radius 1 is 1.41 bits per heavy atom. The molecule has 0 atom stereocenters. The molecule has 0 saturated heterocycles. The number of rotatable bonds is 9. The second-order valence-corrected chi connectivity index (χ2v) is 6.87. The maximum atomic E-state index is 13.8. The number of guanidine groups is 1. The molecule has 174 valence electrons.